The van der Waals surface area contributed by atoms with Crippen molar-refractivity contribution in [2.45, 2.75) is 0 Å². The van der Waals surface area contributed by atoms with E-state index in [1.807, 2.05) is 30.3 Å². The summed E-state index contributed by atoms with van der Waals surface area (Å²) >= 11 is 0. The molecule has 0 saturated heterocycles. The summed E-state index contributed by atoms with van der Waals surface area (Å²) in [4.78, 5) is 12.1. The first kappa shape index (κ1) is 12.4. The second kappa shape index (κ2) is 5.19. The minimum absolute atomic E-state index is 0.0775. The lowest BCUT2D eigenvalue weighted by atomic mass is 10.1. The molecule has 3 aromatic rings. The molecule has 0 radical (unpaired) electrons. The summed E-state index contributed by atoms with van der Waals surface area (Å²) in [5, 5.41) is 0.522. The van der Waals surface area contributed by atoms with Crippen LogP contribution in [0.1, 0.15) is 0 Å². The standard InChI is InChI=1S/C16H13NO3/c17-10-19-12-6-7-13-14(18)9-15(20-16(13)8-12)11-4-2-1-3-5-11/h1-9H,10,17H2. The molecule has 0 amide bonds. The molecule has 2 aromatic carbocycles. The van der Waals surface area contributed by atoms with Crippen molar-refractivity contribution in [3.63, 3.8) is 0 Å². The maximum atomic E-state index is 12.1. The van der Waals surface area contributed by atoms with E-state index < -0.39 is 0 Å². The van der Waals surface area contributed by atoms with Crippen LogP contribution in [0.25, 0.3) is 22.3 Å². The van der Waals surface area contributed by atoms with Gasteiger partial charge in [-0.25, -0.2) is 0 Å². The molecular formula is C16H13NO3. The molecule has 0 aliphatic rings. The molecule has 0 atom stereocenters. The van der Waals surface area contributed by atoms with E-state index in [1.165, 1.54) is 6.07 Å². The first-order valence-corrected chi connectivity index (χ1v) is 6.24. The Labute approximate surface area is 115 Å². The Morgan fingerprint density at radius 1 is 1.05 bits per heavy atom. The molecule has 0 unspecified atom stereocenters. The van der Waals surface area contributed by atoms with Gasteiger partial charge in [-0.1, -0.05) is 30.3 Å². The summed E-state index contributed by atoms with van der Waals surface area (Å²) in [6, 6.07) is 16.1. The minimum Gasteiger partial charge on any atom is -0.478 e. The molecular weight excluding hydrogens is 254 g/mol. The van der Waals surface area contributed by atoms with Crippen molar-refractivity contribution >= 4 is 11.0 Å². The Hall–Kier alpha value is -2.59. The highest BCUT2D eigenvalue weighted by molar-refractivity contribution is 5.80. The number of ether oxygens (including phenoxy) is 1. The van der Waals surface area contributed by atoms with E-state index >= 15 is 0 Å². The molecule has 4 heteroatoms. The maximum absolute atomic E-state index is 12.1. The van der Waals surface area contributed by atoms with Crippen LogP contribution in [0.3, 0.4) is 0 Å². The number of hydrogen-bond acceptors (Lipinski definition) is 4. The quantitative estimate of drug-likeness (QED) is 0.741. The van der Waals surface area contributed by atoms with Gasteiger partial charge in [-0.05, 0) is 12.1 Å². The van der Waals surface area contributed by atoms with Crippen molar-refractivity contribution < 1.29 is 9.15 Å². The van der Waals surface area contributed by atoms with Gasteiger partial charge < -0.3 is 9.15 Å². The fraction of sp³-hybridized carbons (Fsp3) is 0.0625. The second-order valence-electron chi connectivity index (χ2n) is 4.31. The molecule has 4 nitrogen and oxygen atoms in total. The van der Waals surface area contributed by atoms with Gasteiger partial charge in [0.05, 0.1) is 5.39 Å². The first-order chi connectivity index (χ1) is 9.78. The molecule has 2 N–H and O–H groups in total. The van der Waals surface area contributed by atoms with Crippen LogP contribution in [-0.4, -0.2) is 6.73 Å². The molecule has 20 heavy (non-hydrogen) atoms. The van der Waals surface area contributed by atoms with Crippen LogP contribution >= 0.6 is 0 Å². The lowest BCUT2D eigenvalue weighted by Crippen LogP contribution is -2.07. The van der Waals surface area contributed by atoms with Crippen LogP contribution < -0.4 is 15.9 Å². The third-order valence-electron chi connectivity index (χ3n) is 3.01. The van der Waals surface area contributed by atoms with Crippen molar-refractivity contribution in [1.29, 1.82) is 0 Å². The Morgan fingerprint density at radius 3 is 2.60 bits per heavy atom. The SMILES string of the molecule is NCOc1ccc2c(=O)cc(-c3ccccc3)oc2c1. The number of fused-ring (bicyclic) bond motifs is 1. The number of benzene rings is 2. The summed E-state index contributed by atoms with van der Waals surface area (Å²) in [6.07, 6.45) is 0. The summed E-state index contributed by atoms with van der Waals surface area (Å²) in [5.74, 6) is 1.11. The van der Waals surface area contributed by atoms with E-state index in [2.05, 4.69) is 0 Å². The monoisotopic (exact) mass is 267 g/mol. The van der Waals surface area contributed by atoms with Gasteiger partial charge in [-0.15, -0.1) is 0 Å². The predicted molar refractivity (Wildman–Crippen MR) is 77.6 cm³/mol. The predicted octanol–water partition coefficient (Wildman–Crippen LogP) is 2.76. The molecule has 1 aromatic heterocycles. The molecule has 0 fully saturated rings. The zero-order chi connectivity index (χ0) is 13.9. The van der Waals surface area contributed by atoms with Gasteiger partial charge in [0.25, 0.3) is 0 Å². The fourth-order valence-corrected chi connectivity index (χ4v) is 2.07. The largest absolute Gasteiger partial charge is 0.478 e. The number of hydrogen-bond donors (Lipinski definition) is 1. The third-order valence-corrected chi connectivity index (χ3v) is 3.01. The van der Waals surface area contributed by atoms with Crippen molar-refractivity contribution in [3.8, 4) is 17.1 Å². The summed E-state index contributed by atoms with van der Waals surface area (Å²) in [6.45, 7) is 0.0775. The second-order valence-corrected chi connectivity index (χ2v) is 4.31. The highest BCUT2D eigenvalue weighted by atomic mass is 16.5. The van der Waals surface area contributed by atoms with E-state index in [9.17, 15) is 4.79 Å². The lowest BCUT2D eigenvalue weighted by Gasteiger charge is -2.06. The van der Waals surface area contributed by atoms with Crippen molar-refractivity contribution in [2.75, 3.05) is 6.73 Å². The summed E-state index contributed by atoms with van der Waals surface area (Å²) < 4.78 is 11.0. The van der Waals surface area contributed by atoms with Gasteiger partial charge in [0.15, 0.2) is 5.43 Å². The van der Waals surface area contributed by atoms with Gasteiger partial charge in [-0.3, -0.25) is 10.5 Å². The lowest BCUT2D eigenvalue weighted by molar-refractivity contribution is 0.329. The van der Waals surface area contributed by atoms with E-state index in [1.54, 1.807) is 18.2 Å². The molecule has 0 aliphatic heterocycles. The number of rotatable bonds is 3. The van der Waals surface area contributed by atoms with Gasteiger partial charge in [0.2, 0.25) is 0 Å². The van der Waals surface area contributed by atoms with Crippen LogP contribution in [-0.2, 0) is 0 Å². The molecule has 0 aliphatic carbocycles. The van der Waals surface area contributed by atoms with Crippen molar-refractivity contribution in [3.05, 3.63) is 64.8 Å². The smallest absolute Gasteiger partial charge is 0.193 e. The van der Waals surface area contributed by atoms with E-state index in [4.69, 9.17) is 14.9 Å². The van der Waals surface area contributed by atoms with Crippen LogP contribution in [0.2, 0.25) is 0 Å². The summed E-state index contributed by atoms with van der Waals surface area (Å²) in [5.41, 5.74) is 6.61. The molecule has 0 spiro atoms. The fourth-order valence-electron chi connectivity index (χ4n) is 2.07. The van der Waals surface area contributed by atoms with Crippen LogP contribution in [0.4, 0.5) is 0 Å². The van der Waals surface area contributed by atoms with Crippen molar-refractivity contribution in [1.82, 2.24) is 0 Å². The van der Waals surface area contributed by atoms with E-state index in [0.29, 0.717) is 22.5 Å². The topological polar surface area (TPSA) is 65.5 Å². The Kier molecular flexibility index (Phi) is 3.23. The van der Waals surface area contributed by atoms with Crippen LogP contribution in [0.5, 0.6) is 5.75 Å². The average molecular weight is 267 g/mol. The van der Waals surface area contributed by atoms with Crippen LogP contribution in [0, 0.1) is 0 Å². The first-order valence-electron chi connectivity index (χ1n) is 6.24. The highest BCUT2D eigenvalue weighted by Crippen LogP contribution is 2.24. The zero-order valence-electron chi connectivity index (χ0n) is 10.7. The maximum Gasteiger partial charge on any atom is 0.193 e. The average Bonchev–Trinajstić information content (AvgIpc) is 2.48. The van der Waals surface area contributed by atoms with Gasteiger partial charge in [0, 0.05) is 17.7 Å². The molecule has 0 saturated carbocycles. The Morgan fingerprint density at radius 2 is 1.85 bits per heavy atom. The molecule has 1 heterocycles. The zero-order valence-corrected chi connectivity index (χ0v) is 10.7. The minimum atomic E-state index is -0.0793. The molecule has 100 valence electrons. The number of nitrogens with two attached hydrogens (primary N) is 1. The van der Waals surface area contributed by atoms with Gasteiger partial charge in [-0.2, -0.15) is 0 Å². The van der Waals surface area contributed by atoms with Crippen molar-refractivity contribution in [2.24, 2.45) is 5.73 Å². The Balaban J connectivity index is 2.19. The summed E-state index contributed by atoms with van der Waals surface area (Å²) in [7, 11) is 0. The normalized spacial score (nSPS) is 10.7. The Bertz CT molecular complexity index is 794. The highest BCUT2D eigenvalue weighted by Gasteiger charge is 2.07. The third kappa shape index (κ3) is 2.29. The molecule has 0 bridgehead atoms. The van der Waals surface area contributed by atoms with Crippen LogP contribution in [0.15, 0.2) is 63.8 Å². The van der Waals surface area contributed by atoms with E-state index in [-0.39, 0.29) is 12.2 Å². The van der Waals surface area contributed by atoms with Gasteiger partial charge >= 0.3 is 0 Å². The van der Waals surface area contributed by atoms with E-state index in [0.717, 1.165) is 5.56 Å². The van der Waals surface area contributed by atoms with Gasteiger partial charge in [0.1, 0.15) is 23.8 Å². The molecule has 3 rings (SSSR count).